The van der Waals surface area contributed by atoms with E-state index in [0.29, 0.717) is 30.2 Å². The molecule has 1 heterocycles. The molecule has 1 aromatic carbocycles. The molecule has 5 rings (SSSR count). The van der Waals surface area contributed by atoms with Gasteiger partial charge >= 0.3 is 0 Å². The van der Waals surface area contributed by atoms with Crippen LogP contribution in [0.15, 0.2) is 42.1 Å². The molecule has 2 N–H and O–H groups in total. The Bertz CT molecular complexity index is 878. The van der Waals surface area contributed by atoms with Crippen LogP contribution in [-0.4, -0.2) is 18.2 Å². The highest BCUT2D eigenvalue weighted by molar-refractivity contribution is 6.07. The Labute approximate surface area is 179 Å². The van der Waals surface area contributed by atoms with Gasteiger partial charge in [0.2, 0.25) is 5.91 Å². The fourth-order valence-corrected chi connectivity index (χ4v) is 7.36. The van der Waals surface area contributed by atoms with Gasteiger partial charge < -0.3 is 10.6 Å². The Morgan fingerprint density at radius 1 is 1.13 bits per heavy atom. The molecular weight excluding hydrogens is 372 g/mol. The summed E-state index contributed by atoms with van der Waals surface area (Å²) in [5, 5.41) is 6.66. The first-order valence-electron chi connectivity index (χ1n) is 11.7. The number of carbonyl (C=O) groups excluding carboxylic acids is 2. The average Bonchev–Trinajstić information content (AvgIpc) is 3.14. The zero-order chi connectivity index (χ0) is 20.9. The van der Waals surface area contributed by atoms with Crippen molar-refractivity contribution in [1.82, 2.24) is 10.6 Å². The van der Waals surface area contributed by atoms with Crippen molar-refractivity contribution in [2.45, 2.75) is 58.9 Å². The van der Waals surface area contributed by atoms with Crippen LogP contribution in [0.1, 0.15) is 57.9 Å². The molecule has 0 aromatic heterocycles. The number of rotatable bonds is 3. The third kappa shape index (κ3) is 3.11. The van der Waals surface area contributed by atoms with Crippen LogP contribution in [0.4, 0.5) is 0 Å². The Morgan fingerprint density at radius 2 is 1.93 bits per heavy atom. The summed E-state index contributed by atoms with van der Waals surface area (Å²) in [4.78, 5) is 25.9. The fraction of sp³-hybridized carbons (Fsp3) is 0.615. The lowest BCUT2D eigenvalue weighted by molar-refractivity contribution is -0.136. The molecule has 1 amide bonds. The van der Waals surface area contributed by atoms with Crippen molar-refractivity contribution in [2.75, 3.05) is 6.54 Å². The second-order valence-electron chi connectivity index (χ2n) is 10.7. The standard InChI is InChI=1S/C26H34N2O2/c1-25-11-6-9-20(25)19-16-27-23-13-22(29)18(14-26(23,2)21(19)10-12-25)24(30)28-15-17-7-4-3-5-8-17/h3-5,7-8,13,18-21,27H,6,9-12,14-16H2,1-2H3,(H,28,30)/t18?,19-,20-,21+,25-,26+/m0/s1. The minimum absolute atomic E-state index is 0.0412. The number of carbonyl (C=O) groups is 2. The zero-order valence-electron chi connectivity index (χ0n) is 18.2. The van der Waals surface area contributed by atoms with Crippen molar-refractivity contribution >= 4 is 11.7 Å². The lowest BCUT2D eigenvalue weighted by Gasteiger charge is -2.58. The van der Waals surface area contributed by atoms with E-state index in [1.54, 1.807) is 6.08 Å². The highest BCUT2D eigenvalue weighted by Gasteiger charge is 2.58. The maximum atomic E-state index is 13.0. The largest absolute Gasteiger partial charge is 0.387 e. The maximum Gasteiger partial charge on any atom is 0.231 e. The van der Waals surface area contributed by atoms with Gasteiger partial charge in [-0.3, -0.25) is 9.59 Å². The SMILES string of the molecule is C[C@@]12CCC[C@H]1[C@@H]1CNC3=CC(=O)C(C(=O)NCc4ccccc4)C[C@]3(C)[C@@H]1CC2. The van der Waals surface area contributed by atoms with E-state index in [4.69, 9.17) is 0 Å². The van der Waals surface area contributed by atoms with Gasteiger partial charge in [0.15, 0.2) is 5.78 Å². The molecule has 0 bridgehead atoms. The Balaban J connectivity index is 1.35. The molecular formula is C26H34N2O2. The molecule has 4 heteroatoms. The number of hydrogen-bond acceptors (Lipinski definition) is 3. The van der Waals surface area contributed by atoms with E-state index in [1.807, 2.05) is 30.3 Å². The molecule has 1 unspecified atom stereocenters. The summed E-state index contributed by atoms with van der Waals surface area (Å²) in [5.74, 6) is 1.28. The van der Waals surface area contributed by atoms with Gasteiger partial charge in [-0.15, -0.1) is 0 Å². The molecule has 4 nitrogen and oxygen atoms in total. The number of allylic oxidation sites excluding steroid dienone is 2. The topological polar surface area (TPSA) is 58.2 Å². The number of piperidine rings is 1. The number of fused-ring (bicyclic) bond motifs is 5. The van der Waals surface area contributed by atoms with Gasteiger partial charge in [-0.2, -0.15) is 0 Å². The summed E-state index contributed by atoms with van der Waals surface area (Å²) in [6.45, 7) is 6.27. The van der Waals surface area contributed by atoms with Crippen LogP contribution in [0, 0.1) is 34.5 Å². The van der Waals surface area contributed by atoms with Gasteiger partial charge in [0.05, 0.1) is 0 Å². The number of nitrogens with one attached hydrogen (secondary N) is 2. The first-order valence-corrected chi connectivity index (χ1v) is 11.7. The monoisotopic (exact) mass is 406 g/mol. The number of amides is 1. The van der Waals surface area contributed by atoms with E-state index in [2.05, 4.69) is 24.5 Å². The molecule has 6 atom stereocenters. The normalized spacial score (nSPS) is 39.8. The predicted molar refractivity (Wildman–Crippen MR) is 117 cm³/mol. The second-order valence-corrected chi connectivity index (χ2v) is 10.7. The molecule has 0 radical (unpaired) electrons. The van der Waals surface area contributed by atoms with Gasteiger partial charge in [-0.05, 0) is 60.8 Å². The van der Waals surface area contributed by atoms with Crippen molar-refractivity contribution in [3.8, 4) is 0 Å². The Morgan fingerprint density at radius 3 is 2.73 bits per heavy atom. The predicted octanol–water partition coefficient (Wildman–Crippen LogP) is 4.22. The Hall–Kier alpha value is -2.10. The molecule has 4 aliphatic rings. The minimum Gasteiger partial charge on any atom is -0.387 e. The van der Waals surface area contributed by atoms with E-state index < -0.39 is 5.92 Å². The van der Waals surface area contributed by atoms with Crippen molar-refractivity contribution < 1.29 is 9.59 Å². The van der Waals surface area contributed by atoms with Crippen molar-refractivity contribution in [3.63, 3.8) is 0 Å². The van der Waals surface area contributed by atoms with Gasteiger partial charge in [-0.25, -0.2) is 0 Å². The quantitative estimate of drug-likeness (QED) is 0.739. The summed E-state index contributed by atoms with van der Waals surface area (Å²) in [6.07, 6.45) is 8.97. The first-order chi connectivity index (χ1) is 14.4. The highest BCUT2D eigenvalue weighted by Crippen LogP contribution is 2.62. The van der Waals surface area contributed by atoms with E-state index in [9.17, 15) is 9.59 Å². The van der Waals surface area contributed by atoms with Crippen LogP contribution in [-0.2, 0) is 16.1 Å². The van der Waals surface area contributed by atoms with E-state index >= 15 is 0 Å². The molecule has 3 fully saturated rings. The van der Waals surface area contributed by atoms with Crippen LogP contribution in [0.3, 0.4) is 0 Å². The summed E-state index contributed by atoms with van der Waals surface area (Å²) < 4.78 is 0. The number of hydrogen-bond donors (Lipinski definition) is 2. The van der Waals surface area contributed by atoms with E-state index in [-0.39, 0.29) is 17.1 Å². The summed E-state index contributed by atoms with van der Waals surface area (Å²) in [5.41, 5.74) is 2.54. The molecule has 1 aliphatic heterocycles. The first kappa shape index (κ1) is 19.8. The van der Waals surface area contributed by atoms with Crippen LogP contribution < -0.4 is 10.6 Å². The Kier molecular flexibility index (Phi) is 4.79. The lowest BCUT2D eigenvalue weighted by Crippen LogP contribution is -2.57. The summed E-state index contributed by atoms with van der Waals surface area (Å²) in [6, 6.07) is 9.90. The lowest BCUT2D eigenvalue weighted by atomic mass is 9.50. The maximum absolute atomic E-state index is 13.0. The summed E-state index contributed by atoms with van der Waals surface area (Å²) in [7, 11) is 0. The minimum atomic E-state index is -0.570. The molecule has 3 aliphatic carbocycles. The van der Waals surface area contributed by atoms with Gasteiger partial charge in [0.1, 0.15) is 5.92 Å². The molecule has 1 saturated heterocycles. The van der Waals surface area contributed by atoms with Crippen molar-refractivity contribution in [2.24, 2.45) is 34.5 Å². The van der Waals surface area contributed by atoms with Crippen LogP contribution >= 0.6 is 0 Å². The smallest absolute Gasteiger partial charge is 0.231 e. The van der Waals surface area contributed by atoms with Crippen LogP contribution in [0.5, 0.6) is 0 Å². The van der Waals surface area contributed by atoms with Gasteiger partial charge in [0, 0.05) is 30.3 Å². The fourth-order valence-electron chi connectivity index (χ4n) is 7.36. The molecule has 2 saturated carbocycles. The highest BCUT2D eigenvalue weighted by atomic mass is 16.2. The zero-order valence-corrected chi connectivity index (χ0v) is 18.2. The van der Waals surface area contributed by atoms with Crippen molar-refractivity contribution in [3.05, 3.63) is 47.7 Å². The van der Waals surface area contributed by atoms with Gasteiger partial charge in [0.25, 0.3) is 0 Å². The van der Waals surface area contributed by atoms with E-state index in [1.165, 1.54) is 32.1 Å². The average molecular weight is 407 g/mol. The number of ketones is 1. The second kappa shape index (κ2) is 7.25. The van der Waals surface area contributed by atoms with Gasteiger partial charge in [-0.1, -0.05) is 50.6 Å². The molecule has 0 spiro atoms. The molecule has 1 aromatic rings. The number of benzene rings is 1. The van der Waals surface area contributed by atoms with Crippen LogP contribution in [0.2, 0.25) is 0 Å². The van der Waals surface area contributed by atoms with Crippen molar-refractivity contribution in [1.29, 1.82) is 0 Å². The third-order valence-corrected chi connectivity index (χ3v) is 9.06. The van der Waals surface area contributed by atoms with E-state index in [0.717, 1.165) is 23.7 Å². The van der Waals surface area contributed by atoms with Crippen LogP contribution in [0.25, 0.3) is 0 Å². The summed E-state index contributed by atoms with van der Waals surface area (Å²) >= 11 is 0. The third-order valence-electron chi connectivity index (χ3n) is 9.06. The molecule has 160 valence electrons. The molecule has 30 heavy (non-hydrogen) atoms.